The second-order valence-electron chi connectivity index (χ2n) is 5.60. The highest BCUT2D eigenvalue weighted by molar-refractivity contribution is 5.94. The van der Waals surface area contributed by atoms with Gasteiger partial charge in [0.15, 0.2) is 11.5 Å². The summed E-state index contributed by atoms with van der Waals surface area (Å²) < 4.78 is 10.6. The number of ether oxygens (including phenoxy) is 2. The number of amides is 1. The van der Waals surface area contributed by atoms with E-state index in [2.05, 4.69) is 15.6 Å². The van der Waals surface area contributed by atoms with Crippen LogP contribution < -0.4 is 20.1 Å². The molecule has 6 heteroatoms. The first-order valence-corrected chi connectivity index (χ1v) is 7.51. The molecule has 3 rings (SSSR count). The Balaban J connectivity index is 1.58. The Labute approximate surface area is 134 Å². The Morgan fingerprint density at radius 1 is 1.22 bits per heavy atom. The standard InChI is InChI=1S/C17H19N3O3/c1-11(2)20-16-6-4-13(9-18-16)17(21)19-8-12-3-5-14-15(7-12)23-10-22-14/h3-7,9,11H,8,10H2,1-2H3,(H,18,20)(H,19,21). The van der Waals surface area contributed by atoms with Crippen molar-refractivity contribution in [3.8, 4) is 11.5 Å². The molecule has 2 N–H and O–H groups in total. The average Bonchev–Trinajstić information content (AvgIpc) is 3.00. The number of nitrogens with one attached hydrogen (secondary N) is 2. The molecule has 2 heterocycles. The third kappa shape index (κ3) is 3.71. The van der Waals surface area contributed by atoms with Crippen molar-refractivity contribution in [3.63, 3.8) is 0 Å². The molecule has 120 valence electrons. The van der Waals surface area contributed by atoms with Gasteiger partial charge in [-0.1, -0.05) is 6.07 Å². The molecule has 1 amide bonds. The average molecular weight is 313 g/mol. The summed E-state index contributed by atoms with van der Waals surface area (Å²) in [5.74, 6) is 2.04. The zero-order valence-electron chi connectivity index (χ0n) is 13.1. The largest absolute Gasteiger partial charge is 0.454 e. The fourth-order valence-electron chi connectivity index (χ4n) is 2.24. The third-order valence-corrected chi connectivity index (χ3v) is 3.35. The minimum absolute atomic E-state index is 0.161. The smallest absolute Gasteiger partial charge is 0.253 e. The predicted molar refractivity (Wildman–Crippen MR) is 86.7 cm³/mol. The highest BCUT2D eigenvalue weighted by atomic mass is 16.7. The topological polar surface area (TPSA) is 72.5 Å². The molecule has 0 saturated heterocycles. The lowest BCUT2D eigenvalue weighted by atomic mass is 10.2. The van der Waals surface area contributed by atoms with Crippen LogP contribution in [0.15, 0.2) is 36.5 Å². The van der Waals surface area contributed by atoms with Gasteiger partial charge in [-0.2, -0.15) is 0 Å². The molecule has 1 aliphatic heterocycles. The Morgan fingerprint density at radius 2 is 2.04 bits per heavy atom. The maximum absolute atomic E-state index is 12.2. The second kappa shape index (κ2) is 6.56. The predicted octanol–water partition coefficient (Wildman–Crippen LogP) is 2.56. The Kier molecular flexibility index (Phi) is 4.32. The van der Waals surface area contributed by atoms with Crippen molar-refractivity contribution in [1.29, 1.82) is 0 Å². The molecular formula is C17H19N3O3. The van der Waals surface area contributed by atoms with Gasteiger partial charge in [0.2, 0.25) is 6.79 Å². The number of rotatable bonds is 5. The number of aromatic nitrogens is 1. The summed E-state index contributed by atoms with van der Waals surface area (Å²) in [4.78, 5) is 16.4. The second-order valence-corrected chi connectivity index (χ2v) is 5.60. The minimum atomic E-state index is -0.161. The van der Waals surface area contributed by atoms with Gasteiger partial charge in [0.1, 0.15) is 5.82 Å². The van der Waals surface area contributed by atoms with Gasteiger partial charge in [0.05, 0.1) is 5.56 Å². The highest BCUT2D eigenvalue weighted by Gasteiger charge is 2.13. The van der Waals surface area contributed by atoms with E-state index in [0.717, 1.165) is 17.1 Å². The van der Waals surface area contributed by atoms with Crippen LogP contribution in [0.2, 0.25) is 0 Å². The van der Waals surface area contributed by atoms with Crippen LogP contribution >= 0.6 is 0 Å². The number of anilines is 1. The van der Waals surface area contributed by atoms with E-state index in [1.54, 1.807) is 18.3 Å². The maximum atomic E-state index is 12.2. The van der Waals surface area contributed by atoms with E-state index in [1.165, 1.54) is 0 Å². The van der Waals surface area contributed by atoms with E-state index in [1.807, 2.05) is 32.0 Å². The van der Waals surface area contributed by atoms with E-state index in [9.17, 15) is 4.79 Å². The molecule has 0 unspecified atom stereocenters. The summed E-state index contributed by atoms with van der Waals surface area (Å²) in [6.45, 7) is 4.73. The first-order chi connectivity index (χ1) is 11.1. The van der Waals surface area contributed by atoms with Gasteiger partial charge in [-0.15, -0.1) is 0 Å². The van der Waals surface area contributed by atoms with Gasteiger partial charge in [0.25, 0.3) is 5.91 Å². The maximum Gasteiger partial charge on any atom is 0.253 e. The van der Waals surface area contributed by atoms with Crippen LogP contribution in [0.25, 0.3) is 0 Å². The summed E-state index contributed by atoms with van der Waals surface area (Å²) >= 11 is 0. The number of carbonyl (C=O) groups excluding carboxylic acids is 1. The first kappa shape index (κ1) is 15.1. The molecule has 0 atom stereocenters. The Hall–Kier alpha value is -2.76. The third-order valence-electron chi connectivity index (χ3n) is 3.35. The summed E-state index contributed by atoms with van der Waals surface area (Å²) in [6, 6.07) is 9.48. The van der Waals surface area contributed by atoms with Crippen LogP contribution in [0, 0.1) is 0 Å². The summed E-state index contributed by atoms with van der Waals surface area (Å²) in [5.41, 5.74) is 1.48. The Morgan fingerprint density at radius 3 is 2.78 bits per heavy atom. The lowest BCUT2D eigenvalue weighted by molar-refractivity contribution is 0.0950. The van der Waals surface area contributed by atoms with Crippen LogP contribution in [0.5, 0.6) is 11.5 Å². The number of hydrogen-bond acceptors (Lipinski definition) is 5. The van der Waals surface area contributed by atoms with Crippen molar-refractivity contribution >= 4 is 11.7 Å². The zero-order chi connectivity index (χ0) is 16.2. The molecule has 0 aliphatic carbocycles. The minimum Gasteiger partial charge on any atom is -0.454 e. The number of benzene rings is 1. The molecule has 1 aromatic carbocycles. The summed E-state index contributed by atoms with van der Waals surface area (Å²) in [7, 11) is 0. The molecule has 1 aliphatic rings. The highest BCUT2D eigenvalue weighted by Crippen LogP contribution is 2.32. The fourth-order valence-corrected chi connectivity index (χ4v) is 2.24. The van der Waals surface area contributed by atoms with Gasteiger partial charge >= 0.3 is 0 Å². The van der Waals surface area contributed by atoms with Crippen LogP contribution in [-0.4, -0.2) is 23.7 Å². The lowest BCUT2D eigenvalue weighted by Crippen LogP contribution is -2.23. The molecule has 0 spiro atoms. The van der Waals surface area contributed by atoms with E-state index in [0.29, 0.717) is 23.9 Å². The van der Waals surface area contributed by atoms with Gasteiger partial charge in [-0.05, 0) is 43.7 Å². The molecule has 0 radical (unpaired) electrons. The van der Waals surface area contributed by atoms with Crippen LogP contribution in [-0.2, 0) is 6.54 Å². The zero-order valence-corrected chi connectivity index (χ0v) is 13.1. The molecule has 0 bridgehead atoms. The number of carbonyl (C=O) groups is 1. The Bertz CT molecular complexity index is 699. The van der Waals surface area contributed by atoms with Crippen LogP contribution in [0.4, 0.5) is 5.82 Å². The molecule has 2 aromatic rings. The van der Waals surface area contributed by atoms with Gasteiger partial charge < -0.3 is 20.1 Å². The number of nitrogens with zero attached hydrogens (tertiary/aromatic N) is 1. The normalized spacial score (nSPS) is 12.3. The van der Waals surface area contributed by atoms with Crippen LogP contribution in [0.3, 0.4) is 0 Å². The molecule has 1 aromatic heterocycles. The van der Waals surface area contributed by atoms with Crippen molar-refractivity contribution in [1.82, 2.24) is 10.3 Å². The quantitative estimate of drug-likeness (QED) is 0.887. The van der Waals surface area contributed by atoms with Crippen molar-refractivity contribution in [2.75, 3.05) is 12.1 Å². The lowest BCUT2D eigenvalue weighted by Gasteiger charge is -2.10. The molecular weight excluding hydrogens is 294 g/mol. The van der Waals surface area contributed by atoms with E-state index < -0.39 is 0 Å². The number of fused-ring (bicyclic) bond motifs is 1. The monoisotopic (exact) mass is 313 g/mol. The van der Waals surface area contributed by atoms with E-state index in [4.69, 9.17) is 9.47 Å². The van der Waals surface area contributed by atoms with Gasteiger partial charge in [0, 0.05) is 18.8 Å². The van der Waals surface area contributed by atoms with Crippen molar-refractivity contribution in [2.24, 2.45) is 0 Å². The molecule has 0 fully saturated rings. The molecule has 0 saturated carbocycles. The molecule has 23 heavy (non-hydrogen) atoms. The fraction of sp³-hybridized carbons (Fsp3) is 0.294. The first-order valence-electron chi connectivity index (χ1n) is 7.51. The van der Waals surface area contributed by atoms with Crippen molar-refractivity contribution < 1.29 is 14.3 Å². The molecule has 6 nitrogen and oxygen atoms in total. The summed E-state index contributed by atoms with van der Waals surface area (Å²) in [6.07, 6.45) is 1.57. The van der Waals surface area contributed by atoms with Gasteiger partial charge in [-0.3, -0.25) is 4.79 Å². The van der Waals surface area contributed by atoms with Gasteiger partial charge in [-0.25, -0.2) is 4.98 Å². The van der Waals surface area contributed by atoms with E-state index in [-0.39, 0.29) is 12.7 Å². The SMILES string of the molecule is CC(C)Nc1ccc(C(=O)NCc2ccc3c(c2)OCO3)cn1. The van der Waals surface area contributed by atoms with Crippen molar-refractivity contribution in [2.45, 2.75) is 26.4 Å². The number of hydrogen-bond donors (Lipinski definition) is 2. The number of pyridine rings is 1. The van der Waals surface area contributed by atoms with Crippen molar-refractivity contribution in [3.05, 3.63) is 47.7 Å². The van der Waals surface area contributed by atoms with E-state index >= 15 is 0 Å². The summed E-state index contributed by atoms with van der Waals surface area (Å²) in [5, 5.41) is 6.05. The van der Waals surface area contributed by atoms with Crippen LogP contribution in [0.1, 0.15) is 29.8 Å².